The predicted octanol–water partition coefficient (Wildman–Crippen LogP) is 7.47. The summed E-state index contributed by atoms with van der Waals surface area (Å²) in [5.74, 6) is 0. The summed E-state index contributed by atoms with van der Waals surface area (Å²) in [7, 11) is 0. The van der Waals surface area contributed by atoms with Crippen LogP contribution in [0.4, 0.5) is 0 Å². The van der Waals surface area contributed by atoms with Gasteiger partial charge >= 0.3 is 0 Å². The van der Waals surface area contributed by atoms with E-state index in [-0.39, 0.29) is 5.41 Å². The summed E-state index contributed by atoms with van der Waals surface area (Å²) in [4.78, 5) is 0. The molecule has 1 fully saturated rings. The Morgan fingerprint density at radius 3 is 1.59 bits per heavy atom. The first-order valence-electron chi connectivity index (χ1n) is 11.9. The van der Waals surface area contributed by atoms with Crippen molar-refractivity contribution in [3.05, 3.63) is 120 Å². The van der Waals surface area contributed by atoms with E-state index < -0.39 is 0 Å². The van der Waals surface area contributed by atoms with E-state index in [4.69, 9.17) is 0 Å². The lowest BCUT2D eigenvalue weighted by atomic mass is 9.66. The molecule has 5 rings (SSSR count). The van der Waals surface area contributed by atoms with E-state index in [2.05, 4.69) is 121 Å². The van der Waals surface area contributed by atoms with Crippen molar-refractivity contribution in [2.24, 2.45) is 0 Å². The Kier molecular flexibility index (Phi) is 5.92. The molecule has 4 aromatic carbocycles. The highest BCUT2D eigenvalue weighted by molar-refractivity contribution is 5.67. The molecule has 1 aliphatic rings. The van der Waals surface area contributed by atoms with Gasteiger partial charge in [-0.25, -0.2) is 0 Å². The van der Waals surface area contributed by atoms with Gasteiger partial charge in [0.2, 0.25) is 0 Å². The molecule has 1 saturated heterocycles. The van der Waals surface area contributed by atoms with Crippen molar-refractivity contribution < 1.29 is 0 Å². The summed E-state index contributed by atoms with van der Waals surface area (Å²) < 4.78 is 0. The van der Waals surface area contributed by atoms with Crippen LogP contribution in [-0.2, 0) is 5.41 Å². The molecule has 1 unspecified atom stereocenters. The van der Waals surface area contributed by atoms with Crippen molar-refractivity contribution in [1.29, 1.82) is 0 Å². The number of hydrogen-bond donors (Lipinski definition) is 1. The molecule has 4 aromatic rings. The first-order chi connectivity index (χ1) is 15.8. The molecule has 160 valence electrons. The Labute approximate surface area is 192 Å². The Hall–Kier alpha value is -3.16. The lowest BCUT2D eigenvalue weighted by Crippen LogP contribution is -2.46. The summed E-state index contributed by atoms with van der Waals surface area (Å²) in [6, 6.07) is 40.4. The maximum Gasteiger partial charge on any atom is 0.0353 e. The normalized spacial score (nSPS) is 16.2. The SMILES string of the molecule is CCC(c1cccc(-c2ccccc2)c1)(c1cccc(-c2ccccc2)c1)C1CCCN1. The van der Waals surface area contributed by atoms with Gasteiger partial charge in [-0.15, -0.1) is 0 Å². The summed E-state index contributed by atoms with van der Waals surface area (Å²) in [5, 5.41) is 3.86. The van der Waals surface area contributed by atoms with Gasteiger partial charge in [0.15, 0.2) is 0 Å². The van der Waals surface area contributed by atoms with Crippen LogP contribution in [0.1, 0.15) is 37.3 Å². The van der Waals surface area contributed by atoms with E-state index in [0.717, 1.165) is 13.0 Å². The molecule has 0 aromatic heterocycles. The minimum absolute atomic E-state index is 0.0634. The molecular formula is C31H31N. The summed E-state index contributed by atoms with van der Waals surface area (Å²) in [6.45, 7) is 3.45. The molecule has 0 aliphatic carbocycles. The average Bonchev–Trinajstić information content (AvgIpc) is 3.42. The molecule has 0 radical (unpaired) electrons. The lowest BCUT2D eigenvalue weighted by molar-refractivity contribution is 0.364. The number of benzene rings is 4. The third-order valence-electron chi connectivity index (χ3n) is 7.18. The quantitative estimate of drug-likeness (QED) is 0.343. The van der Waals surface area contributed by atoms with Crippen LogP contribution in [0, 0.1) is 0 Å². The van der Waals surface area contributed by atoms with E-state index in [9.17, 15) is 0 Å². The molecule has 1 atom stereocenters. The van der Waals surface area contributed by atoms with Crippen LogP contribution in [0.5, 0.6) is 0 Å². The van der Waals surface area contributed by atoms with Crippen LogP contribution >= 0.6 is 0 Å². The molecule has 0 spiro atoms. The lowest BCUT2D eigenvalue weighted by Gasteiger charge is -2.40. The Morgan fingerprint density at radius 1 is 0.656 bits per heavy atom. The van der Waals surface area contributed by atoms with Crippen molar-refractivity contribution in [3.8, 4) is 22.3 Å². The zero-order valence-electron chi connectivity index (χ0n) is 18.8. The van der Waals surface area contributed by atoms with E-state index in [1.165, 1.54) is 46.2 Å². The molecule has 1 heterocycles. The second-order valence-corrected chi connectivity index (χ2v) is 8.87. The van der Waals surface area contributed by atoms with Gasteiger partial charge < -0.3 is 5.32 Å². The van der Waals surface area contributed by atoms with Crippen LogP contribution in [0.15, 0.2) is 109 Å². The maximum atomic E-state index is 3.86. The van der Waals surface area contributed by atoms with Crippen LogP contribution in [-0.4, -0.2) is 12.6 Å². The Bertz CT molecular complexity index is 1070. The van der Waals surface area contributed by atoms with Crippen LogP contribution in [0.2, 0.25) is 0 Å². The van der Waals surface area contributed by atoms with Gasteiger partial charge in [-0.2, -0.15) is 0 Å². The van der Waals surface area contributed by atoms with Gasteiger partial charge in [-0.05, 0) is 59.2 Å². The van der Waals surface area contributed by atoms with Gasteiger partial charge in [-0.1, -0.05) is 116 Å². The van der Waals surface area contributed by atoms with Crippen LogP contribution in [0.3, 0.4) is 0 Å². The van der Waals surface area contributed by atoms with Gasteiger partial charge in [0.25, 0.3) is 0 Å². The smallest absolute Gasteiger partial charge is 0.0353 e. The zero-order chi connectivity index (χ0) is 21.8. The molecule has 0 saturated carbocycles. The standard InChI is InChI=1S/C31H31N/c1-2-31(30-20-11-21-32-30,28-18-9-16-26(22-28)24-12-5-3-6-13-24)29-19-10-17-27(23-29)25-14-7-4-8-15-25/h3-10,12-19,22-23,30,32H,2,11,20-21H2,1H3. The fourth-order valence-electron chi connectivity index (χ4n) is 5.54. The summed E-state index contributed by atoms with van der Waals surface area (Å²) >= 11 is 0. The highest BCUT2D eigenvalue weighted by Gasteiger charge is 2.42. The van der Waals surface area contributed by atoms with Crippen LogP contribution < -0.4 is 5.32 Å². The van der Waals surface area contributed by atoms with Crippen molar-refractivity contribution >= 4 is 0 Å². The predicted molar refractivity (Wildman–Crippen MR) is 136 cm³/mol. The van der Waals surface area contributed by atoms with Crippen molar-refractivity contribution in [3.63, 3.8) is 0 Å². The minimum atomic E-state index is -0.0634. The van der Waals surface area contributed by atoms with Crippen LogP contribution in [0.25, 0.3) is 22.3 Å². The summed E-state index contributed by atoms with van der Waals surface area (Å²) in [5.41, 5.74) is 7.88. The average molecular weight is 418 g/mol. The highest BCUT2D eigenvalue weighted by Crippen LogP contribution is 2.43. The first kappa shape index (κ1) is 20.7. The van der Waals surface area contributed by atoms with Crippen molar-refractivity contribution in [1.82, 2.24) is 5.32 Å². The highest BCUT2D eigenvalue weighted by atomic mass is 15.0. The second-order valence-electron chi connectivity index (χ2n) is 8.87. The van der Waals surface area contributed by atoms with E-state index in [0.29, 0.717) is 6.04 Å². The largest absolute Gasteiger partial charge is 0.313 e. The molecule has 0 amide bonds. The molecule has 32 heavy (non-hydrogen) atoms. The number of rotatable bonds is 6. The Morgan fingerprint density at radius 2 is 1.16 bits per heavy atom. The third kappa shape index (κ3) is 3.78. The molecule has 1 aliphatic heterocycles. The molecule has 1 heteroatoms. The second kappa shape index (κ2) is 9.14. The fraction of sp³-hybridized carbons (Fsp3) is 0.226. The molecule has 1 nitrogen and oxygen atoms in total. The van der Waals surface area contributed by atoms with E-state index in [1.54, 1.807) is 0 Å². The van der Waals surface area contributed by atoms with E-state index in [1.807, 2.05) is 0 Å². The molecule has 0 bridgehead atoms. The van der Waals surface area contributed by atoms with Gasteiger partial charge in [-0.3, -0.25) is 0 Å². The number of nitrogens with one attached hydrogen (secondary N) is 1. The molecule has 1 N–H and O–H groups in total. The van der Waals surface area contributed by atoms with Crippen molar-refractivity contribution in [2.75, 3.05) is 6.54 Å². The Balaban J connectivity index is 1.67. The first-order valence-corrected chi connectivity index (χ1v) is 11.9. The van der Waals surface area contributed by atoms with Gasteiger partial charge in [0, 0.05) is 11.5 Å². The van der Waals surface area contributed by atoms with Gasteiger partial charge in [0.1, 0.15) is 0 Å². The monoisotopic (exact) mass is 417 g/mol. The minimum Gasteiger partial charge on any atom is -0.313 e. The van der Waals surface area contributed by atoms with Gasteiger partial charge in [0.05, 0.1) is 0 Å². The zero-order valence-corrected chi connectivity index (χ0v) is 18.8. The topological polar surface area (TPSA) is 12.0 Å². The van der Waals surface area contributed by atoms with Crippen molar-refractivity contribution in [2.45, 2.75) is 37.6 Å². The van der Waals surface area contributed by atoms with E-state index >= 15 is 0 Å². The maximum absolute atomic E-state index is 3.86. The summed E-state index contributed by atoms with van der Waals surface area (Å²) in [6.07, 6.45) is 3.50. The third-order valence-corrected chi connectivity index (χ3v) is 7.18. The number of hydrogen-bond acceptors (Lipinski definition) is 1. The fourth-order valence-corrected chi connectivity index (χ4v) is 5.54. The molecular weight excluding hydrogens is 386 g/mol.